The number of hydrogen-bond acceptors (Lipinski definition) is 4. The number of aryl methyl sites for hydroxylation is 1. The second kappa shape index (κ2) is 4.34. The maximum atomic E-state index is 10.9. The number of carbonyl (C=O) groups is 1. The second-order valence-corrected chi connectivity index (χ2v) is 3.70. The van der Waals surface area contributed by atoms with Crippen molar-refractivity contribution >= 4 is 5.91 Å². The Morgan fingerprint density at radius 2 is 2.29 bits per heavy atom. The van der Waals surface area contributed by atoms with Gasteiger partial charge in [-0.25, -0.2) is 9.67 Å². The van der Waals surface area contributed by atoms with Gasteiger partial charge in [0, 0.05) is 18.9 Å². The molecule has 0 aliphatic rings. The Hall–Kier alpha value is -2.21. The zero-order valence-corrected chi connectivity index (χ0v) is 9.42. The van der Waals surface area contributed by atoms with E-state index in [0.29, 0.717) is 12.4 Å². The Morgan fingerprint density at radius 1 is 1.53 bits per heavy atom. The molecule has 0 saturated heterocycles. The summed E-state index contributed by atoms with van der Waals surface area (Å²) in [7, 11) is 0. The molecule has 0 aliphatic heterocycles. The lowest BCUT2D eigenvalue weighted by molar-refractivity contribution is 0.0995. The Bertz CT molecular complexity index is 561. The average Bonchev–Trinajstić information content (AvgIpc) is 2.78. The first-order chi connectivity index (χ1) is 8.11. The maximum absolute atomic E-state index is 10.9. The quantitative estimate of drug-likeness (QED) is 0.784. The zero-order chi connectivity index (χ0) is 12.4. The van der Waals surface area contributed by atoms with Gasteiger partial charge in [-0.2, -0.15) is 5.10 Å². The summed E-state index contributed by atoms with van der Waals surface area (Å²) in [5, 5.41) is 4.04. The van der Waals surface area contributed by atoms with Crippen LogP contribution < -0.4 is 11.5 Å². The summed E-state index contributed by atoms with van der Waals surface area (Å²) in [6.07, 6.45) is 3.34. The number of carbonyl (C=O) groups excluding carboxylic acids is 1. The molecule has 88 valence electrons. The standard InChI is InChI=1S/C11H13N5O/c1-7-4-8(5-12)6-14-11(7)16-3-2-9(15-16)10(13)17/h2-4,6H,5,12H2,1H3,(H2,13,17). The van der Waals surface area contributed by atoms with Crippen LogP contribution in [0, 0.1) is 6.92 Å². The van der Waals surface area contributed by atoms with Crippen molar-refractivity contribution in [3.63, 3.8) is 0 Å². The molecule has 1 amide bonds. The van der Waals surface area contributed by atoms with E-state index in [-0.39, 0.29) is 5.69 Å². The third kappa shape index (κ3) is 2.16. The Morgan fingerprint density at radius 3 is 2.82 bits per heavy atom. The molecule has 4 N–H and O–H groups in total. The fourth-order valence-electron chi connectivity index (χ4n) is 1.55. The molecule has 6 nitrogen and oxygen atoms in total. The predicted molar refractivity (Wildman–Crippen MR) is 62.5 cm³/mol. The van der Waals surface area contributed by atoms with Gasteiger partial charge in [0.25, 0.3) is 5.91 Å². The van der Waals surface area contributed by atoms with Crippen LogP contribution in [0.3, 0.4) is 0 Å². The number of hydrogen-bond donors (Lipinski definition) is 2. The zero-order valence-electron chi connectivity index (χ0n) is 9.42. The van der Waals surface area contributed by atoms with Crippen molar-refractivity contribution in [3.05, 3.63) is 41.3 Å². The van der Waals surface area contributed by atoms with Gasteiger partial charge < -0.3 is 11.5 Å². The van der Waals surface area contributed by atoms with Gasteiger partial charge in [0.15, 0.2) is 5.82 Å². The normalized spacial score (nSPS) is 10.5. The van der Waals surface area contributed by atoms with Crippen molar-refractivity contribution in [2.45, 2.75) is 13.5 Å². The molecule has 0 spiro atoms. The molecule has 0 atom stereocenters. The van der Waals surface area contributed by atoms with Crippen molar-refractivity contribution < 1.29 is 4.79 Å². The Balaban J connectivity index is 2.42. The lowest BCUT2D eigenvalue weighted by Crippen LogP contribution is -2.12. The summed E-state index contributed by atoms with van der Waals surface area (Å²) in [6, 6.07) is 3.49. The highest BCUT2D eigenvalue weighted by Gasteiger charge is 2.08. The molecule has 0 bridgehead atoms. The molecule has 2 rings (SSSR count). The van der Waals surface area contributed by atoms with Gasteiger partial charge in [-0.3, -0.25) is 4.79 Å². The van der Waals surface area contributed by atoms with Crippen molar-refractivity contribution in [2.75, 3.05) is 0 Å². The molecule has 0 unspecified atom stereocenters. The number of nitrogens with zero attached hydrogens (tertiary/aromatic N) is 3. The van der Waals surface area contributed by atoms with Gasteiger partial charge in [-0.05, 0) is 30.2 Å². The van der Waals surface area contributed by atoms with E-state index in [4.69, 9.17) is 11.5 Å². The van der Waals surface area contributed by atoms with Crippen LogP contribution in [0.4, 0.5) is 0 Å². The van der Waals surface area contributed by atoms with Gasteiger partial charge in [-0.15, -0.1) is 0 Å². The molecule has 0 aromatic carbocycles. The fraction of sp³-hybridized carbons (Fsp3) is 0.182. The third-order valence-electron chi connectivity index (χ3n) is 2.40. The fourth-order valence-corrected chi connectivity index (χ4v) is 1.55. The molecule has 2 aromatic rings. The molecule has 0 radical (unpaired) electrons. The lowest BCUT2D eigenvalue weighted by atomic mass is 10.2. The number of aromatic nitrogens is 3. The molecular formula is C11H13N5O. The highest BCUT2D eigenvalue weighted by molar-refractivity contribution is 5.90. The number of primary amides is 1. The van der Waals surface area contributed by atoms with Crippen LogP contribution in [0.2, 0.25) is 0 Å². The van der Waals surface area contributed by atoms with E-state index in [1.807, 2.05) is 13.0 Å². The molecule has 0 fully saturated rings. The monoisotopic (exact) mass is 231 g/mol. The Kier molecular flexibility index (Phi) is 2.88. The molecular weight excluding hydrogens is 218 g/mol. The van der Waals surface area contributed by atoms with E-state index in [2.05, 4.69) is 10.1 Å². The van der Waals surface area contributed by atoms with E-state index >= 15 is 0 Å². The summed E-state index contributed by atoms with van der Waals surface area (Å²) in [6.45, 7) is 2.35. The molecule has 0 saturated carbocycles. The van der Waals surface area contributed by atoms with Crippen LogP contribution in [-0.4, -0.2) is 20.7 Å². The highest BCUT2D eigenvalue weighted by atomic mass is 16.1. The summed E-state index contributed by atoms with van der Waals surface area (Å²) >= 11 is 0. The first-order valence-corrected chi connectivity index (χ1v) is 5.13. The topological polar surface area (TPSA) is 99.8 Å². The van der Waals surface area contributed by atoms with Crippen LogP contribution in [0.5, 0.6) is 0 Å². The van der Waals surface area contributed by atoms with Crippen LogP contribution in [0.25, 0.3) is 5.82 Å². The van der Waals surface area contributed by atoms with Gasteiger partial charge in [-0.1, -0.05) is 0 Å². The predicted octanol–water partition coefficient (Wildman–Crippen LogP) is 0.133. The summed E-state index contributed by atoms with van der Waals surface area (Å²) < 4.78 is 1.52. The van der Waals surface area contributed by atoms with Gasteiger partial charge in [0.2, 0.25) is 0 Å². The minimum absolute atomic E-state index is 0.217. The minimum Gasteiger partial charge on any atom is -0.364 e. The molecule has 2 heterocycles. The van der Waals surface area contributed by atoms with E-state index in [1.54, 1.807) is 18.5 Å². The minimum atomic E-state index is -0.556. The molecule has 17 heavy (non-hydrogen) atoms. The van der Waals surface area contributed by atoms with E-state index in [0.717, 1.165) is 11.1 Å². The van der Waals surface area contributed by atoms with Crippen molar-refractivity contribution in [2.24, 2.45) is 11.5 Å². The van der Waals surface area contributed by atoms with Crippen LogP contribution in [0.1, 0.15) is 21.6 Å². The van der Waals surface area contributed by atoms with Gasteiger partial charge in [0.1, 0.15) is 5.69 Å². The van der Waals surface area contributed by atoms with E-state index in [1.165, 1.54) is 4.68 Å². The largest absolute Gasteiger partial charge is 0.364 e. The van der Waals surface area contributed by atoms with Crippen molar-refractivity contribution in [3.8, 4) is 5.82 Å². The van der Waals surface area contributed by atoms with E-state index in [9.17, 15) is 4.79 Å². The third-order valence-corrected chi connectivity index (χ3v) is 2.40. The number of rotatable bonds is 3. The number of pyridine rings is 1. The van der Waals surface area contributed by atoms with Gasteiger partial charge in [0.05, 0.1) is 0 Å². The SMILES string of the molecule is Cc1cc(CN)cnc1-n1ccc(C(N)=O)n1. The van der Waals surface area contributed by atoms with E-state index < -0.39 is 5.91 Å². The van der Waals surface area contributed by atoms with Crippen LogP contribution in [0.15, 0.2) is 24.5 Å². The first kappa shape index (κ1) is 11.3. The average molecular weight is 231 g/mol. The second-order valence-electron chi connectivity index (χ2n) is 3.70. The lowest BCUT2D eigenvalue weighted by Gasteiger charge is -2.06. The van der Waals surface area contributed by atoms with Crippen LogP contribution >= 0.6 is 0 Å². The maximum Gasteiger partial charge on any atom is 0.269 e. The van der Waals surface area contributed by atoms with Crippen molar-refractivity contribution in [1.82, 2.24) is 14.8 Å². The Labute approximate surface area is 98.3 Å². The molecule has 6 heteroatoms. The van der Waals surface area contributed by atoms with Crippen LogP contribution in [-0.2, 0) is 6.54 Å². The first-order valence-electron chi connectivity index (χ1n) is 5.13. The molecule has 2 aromatic heterocycles. The highest BCUT2D eigenvalue weighted by Crippen LogP contribution is 2.12. The van der Waals surface area contributed by atoms with Gasteiger partial charge >= 0.3 is 0 Å². The molecule has 0 aliphatic carbocycles. The smallest absolute Gasteiger partial charge is 0.269 e. The number of nitrogens with two attached hydrogens (primary N) is 2. The summed E-state index contributed by atoms with van der Waals surface area (Å²) in [5.74, 6) is 0.106. The summed E-state index contributed by atoms with van der Waals surface area (Å²) in [4.78, 5) is 15.2. The van der Waals surface area contributed by atoms with Crippen molar-refractivity contribution in [1.29, 1.82) is 0 Å². The number of amides is 1. The summed E-state index contributed by atoms with van der Waals surface area (Å²) in [5.41, 5.74) is 12.8.